The normalized spacial score (nSPS) is 14.8. The summed E-state index contributed by atoms with van der Waals surface area (Å²) in [6.45, 7) is 2.40. The Hall–Kier alpha value is -3.26. The standard InChI is InChI=1S/C22H22N4O3S/c1-13-19(30-12-26-13)5-6-20(27)25-11-17-8-14-3-2-4-18(21(14)29-17)15-7-16(22(23)28)10-24-9-15/h2-4,7,9-10,12,17H,5-6,8,11H2,1H3,(H2,23,28)(H,25,27). The van der Waals surface area contributed by atoms with E-state index in [1.165, 1.54) is 6.20 Å². The summed E-state index contributed by atoms with van der Waals surface area (Å²) < 4.78 is 6.15. The van der Waals surface area contributed by atoms with Crippen LogP contribution >= 0.6 is 11.3 Å². The Morgan fingerprint density at radius 3 is 2.97 bits per heavy atom. The quantitative estimate of drug-likeness (QED) is 0.609. The second kappa shape index (κ2) is 8.62. The zero-order valence-electron chi connectivity index (χ0n) is 16.6. The van der Waals surface area contributed by atoms with Crippen molar-refractivity contribution in [3.05, 3.63) is 63.9 Å². The summed E-state index contributed by atoms with van der Waals surface area (Å²) >= 11 is 1.58. The Kier molecular flexibility index (Phi) is 5.76. The predicted molar refractivity (Wildman–Crippen MR) is 114 cm³/mol. The van der Waals surface area contributed by atoms with Gasteiger partial charge in [-0.15, -0.1) is 11.3 Å². The number of hydrogen-bond donors (Lipinski definition) is 2. The van der Waals surface area contributed by atoms with Crippen molar-refractivity contribution < 1.29 is 14.3 Å². The first-order valence-electron chi connectivity index (χ1n) is 9.70. The largest absolute Gasteiger partial charge is 0.487 e. The van der Waals surface area contributed by atoms with Gasteiger partial charge in [0.1, 0.15) is 11.9 Å². The number of fused-ring (bicyclic) bond motifs is 1. The summed E-state index contributed by atoms with van der Waals surface area (Å²) in [6.07, 6.45) is 4.83. The van der Waals surface area contributed by atoms with E-state index < -0.39 is 5.91 Å². The van der Waals surface area contributed by atoms with Crippen LogP contribution in [0.5, 0.6) is 5.75 Å². The number of aromatic nitrogens is 2. The van der Waals surface area contributed by atoms with E-state index in [1.807, 2.05) is 25.1 Å². The molecule has 0 fully saturated rings. The van der Waals surface area contributed by atoms with Crippen molar-refractivity contribution in [2.45, 2.75) is 32.3 Å². The van der Waals surface area contributed by atoms with E-state index in [-0.39, 0.29) is 12.0 Å². The van der Waals surface area contributed by atoms with Crippen LogP contribution in [0.3, 0.4) is 0 Å². The summed E-state index contributed by atoms with van der Waals surface area (Å²) in [5.41, 5.74) is 11.2. The van der Waals surface area contributed by atoms with Crippen molar-refractivity contribution >= 4 is 23.2 Å². The molecule has 1 unspecified atom stereocenters. The maximum Gasteiger partial charge on any atom is 0.250 e. The summed E-state index contributed by atoms with van der Waals surface area (Å²) in [4.78, 5) is 33.2. The number of rotatable bonds is 7. The van der Waals surface area contributed by atoms with Crippen LogP contribution in [0.2, 0.25) is 0 Å². The van der Waals surface area contributed by atoms with Crippen molar-refractivity contribution in [1.82, 2.24) is 15.3 Å². The van der Waals surface area contributed by atoms with Crippen LogP contribution in [0.1, 0.15) is 32.9 Å². The van der Waals surface area contributed by atoms with Gasteiger partial charge in [0.15, 0.2) is 0 Å². The van der Waals surface area contributed by atoms with E-state index in [4.69, 9.17) is 10.5 Å². The number of nitrogens with one attached hydrogen (secondary N) is 1. The van der Waals surface area contributed by atoms with Gasteiger partial charge >= 0.3 is 0 Å². The lowest BCUT2D eigenvalue weighted by Gasteiger charge is -2.14. The van der Waals surface area contributed by atoms with Gasteiger partial charge < -0.3 is 15.8 Å². The minimum Gasteiger partial charge on any atom is -0.487 e. The van der Waals surface area contributed by atoms with Crippen LogP contribution in [0.4, 0.5) is 0 Å². The molecule has 1 aliphatic heterocycles. The summed E-state index contributed by atoms with van der Waals surface area (Å²) in [6, 6.07) is 7.61. The molecule has 0 bridgehead atoms. The molecule has 0 saturated heterocycles. The number of benzene rings is 1. The van der Waals surface area contributed by atoms with Gasteiger partial charge in [0.05, 0.1) is 23.3 Å². The van der Waals surface area contributed by atoms with Gasteiger partial charge in [-0.2, -0.15) is 0 Å². The summed E-state index contributed by atoms with van der Waals surface area (Å²) in [7, 11) is 0. The van der Waals surface area contributed by atoms with E-state index in [1.54, 1.807) is 29.1 Å². The van der Waals surface area contributed by atoms with Crippen LogP contribution < -0.4 is 15.8 Å². The van der Waals surface area contributed by atoms with Crippen LogP contribution in [0.25, 0.3) is 11.1 Å². The molecule has 154 valence electrons. The second-order valence-electron chi connectivity index (χ2n) is 7.23. The highest BCUT2D eigenvalue weighted by molar-refractivity contribution is 7.09. The maximum absolute atomic E-state index is 12.2. The molecule has 1 atom stereocenters. The molecule has 0 aliphatic carbocycles. The number of amides is 2. The monoisotopic (exact) mass is 422 g/mol. The first-order valence-corrected chi connectivity index (χ1v) is 10.6. The third-order valence-electron chi connectivity index (χ3n) is 5.11. The minimum absolute atomic E-state index is 0.000869. The average Bonchev–Trinajstić information content (AvgIpc) is 3.36. The summed E-state index contributed by atoms with van der Waals surface area (Å²) in [5.74, 6) is 0.244. The van der Waals surface area contributed by atoms with Crippen LogP contribution in [0, 0.1) is 6.92 Å². The lowest BCUT2D eigenvalue weighted by atomic mass is 10.0. The van der Waals surface area contributed by atoms with Gasteiger partial charge in [0, 0.05) is 41.2 Å². The molecular weight excluding hydrogens is 400 g/mol. The van der Waals surface area contributed by atoms with Gasteiger partial charge in [-0.1, -0.05) is 18.2 Å². The highest BCUT2D eigenvalue weighted by Gasteiger charge is 2.26. The highest BCUT2D eigenvalue weighted by atomic mass is 32.1. The van der Waals surface area contributed by atoms with Crippen molar-refractivity contribution in [1.29, 1.82) is 0 Å². The molecular formula is C22H22N4O3S. The minimum atomic E-state index is -0.521. The zero-order valence-corrected chi connectivity index (χ0v) is 17.4. The number of hydrogen-bond acceptors (Lipinski definition) is 6. The average molecular weight is 423 g/mol. The van der Waals surface area contributed by atoms with Crippen molar-refractivity contribution in [3.63, 3.8) is 0 Å². The molecule has 0 radical (unpaired) electrons. The molecule has 4 rings (SSSR count). The Morgan fingerprint density at radius 2 is 2.20 bits per heavy atom. The third-order valence-corrected chi connectivity index (χ3v) is 6.11. The second-order valence-corrected chi connectivity index (χ2v) is 8.17. The molecule has 3 heterocycles. The fraction of sp³-hybridized carbons (Fsp3) is 0.273. The molecule has 0 spiro atoms. The molecule has 2 amide bonds. The Labute approximate surface area is 178 Å². The number of aryl methyl sites for hydroxylation is 2. The van der Waals surface area contributed by atoms with E-state index in [0.717, 1.165) is 33.0 Å². The fourth-order valence-corrected chi connectivity index (χ4v) is 4.29. The SMILES string of the molecule is Cc1ncsc1CCC(=O)NCC1Cc2cccc(-c3cncc(C(N)=O)c3)c2O1. The Bertz CT molecular complexity index is 1100. The number of carbonyl (C=O) groups is 2. The van der Waals surface area contributed by atoms with E-state index in [2.05, 4.69) is 15.3 Å². The number of primary amides is 1. The van der Waals surface area contributed by atoms with Gasteiger partial charge in [-0.05, 0) is 25.0 Å². The Balaban J connectivity index is 1.38. The smallest absolute Gasteiger partial charge is 0.250 e. The zero-order chi connectivity index (χ0) is 21.1. The summed E-state index contributed by atoms with van der Waals surface area (Å²) in [5, 5.41) is 2.97. The third kappa shape index (κ3) is 4.33. The molecule has 3 aromatic rings. The van der Waals surface area contributed by atoms with Gasteiger partial charge in [-0.3, -0.25) is 14.6 Å². The molecule has 3 N–H and O–H groups in total. The van der Waals surface area contributed by atoms with E-state index in [0.29, 0.717) is 31.4 Å². The van der Waals surface area contributed by atoms with Crippen LogP contribution in [0.15, 0.2) is 42.2 Å². The lowest BCUT2D eigenvalue weighted by molar-refractivity contribution is -0.121. The molecule has 2 aromatic heterocycles. The van der Waals surface area contributed by atoms with Crippen LogP contribution in [-0.2, 0) is 17.6 Å². The van der Waals surface area contributed by atoms with E-state index in [9.17, 15) is 9.59 Å². The number of para-hydroxylation sites is 1. The highest BCUT2D eigenvalue weighted by Crippen LogP contribution is 2.38. The van der Waals surface area contributed by atoms with Crippen molar-refractivity contribution in [2.75, 3.05) is 6.54 Å². The number of pyridine rings is 1. The number of ether oxygens (including phenoxy) is 1. The topological polar surface area (TPSA) is 107 Å². The number of nitrogens with zero attached hydrogens (tertiary/aromatic N) is 2. The van der Waals surface area contributed by atoms with Gasteiger partial charge in [0.25, 0.3) is 0 Å². The molecule has 0 saturated carbocycles. The van der Waals surface area contributed by atoms with Crippen LogP contribution in [-0.4, -0.2) is 34.4 Å². The lowest BCUT2D eigenvalue weighted by Crippen LogP contribution is -2.34. The number of nitrogens with two attached hydrogens (primary N) is 1. The first-order chi connectivity index (χ1) is 14.5. The molecule has 30 heavy (non-hydrogen) atoms. The van der Waals surface area contributed by atoms with Gasteiger partial charge in [-0.25, -0.2) is 4.98 Å². The molecule has 1 aromatic carbocycles. The van der Waals surface area contributed by atoms with Crippen molar-refractivity contribution in [2.24, 2.45) is 5.73 Å². The van der Waals surface area contributed by atoms with Crippen molar-refractivity contribution in [3.8, 4) is 16.9 Å². The molecule has 1 aliphatic rings. The first kappa shape index (κ1) is 20.0. The number of thiazole rings is 1. The molecule has 8 heteroatoms. The predicted octanol–water partition coefficient (Wildman–Crippen LogP) is 2.66. The van der Waals surface area contributed by atoms with E-state index >= 15 is 0 Å². The fourth-order valence-electron chi connectivity index (χ4n) is 3.51. The van der Waals surface area contributed by atoms with Gasteiger partial charge in [0.2, 0.25) is 11.8 Å². The maximum atomic E-state index is 12.2. The Morgan fingerprint density at radius 1 is 1.33 bits per heavy atom. The molecule has 7 nitrogen and oxygen atoms in total. The number of carbonyl (C=O) groups excluding carboxylic acids is 2.